The fourth-order valence-corrected chi connectivity index (χ4v) is 4.17. The Morgan fingerprint density at radius 1 is 0.872 bits per heavy atom. The third kappa shape index (κ3) is 5.63. The highest BCUT2D eigenvalue weighted by molar-refractivity contribution is 6.23. The highest BCUT2D eigenvalue weighted by Gasteiger charge is 2.40. The van der Waals surface area contributed by atoms with Gasteiger partial charge in [-0.3, -0.25) is 33.4 Å². The molecule has 3 rings (SSSR count). The first-order chi connectivity index (χ1) is 18.6. The van der Waals surface area contributed by atoms with Crippen molar-refractivity contribution in [3.05, 3.63) is 50.2 Å². The maximum atomic E-state index is 13.2. The zero-order valence-corrected chi connectivity index (χ0v) is 22.0. The quantitative estimate of drug-likeness (QED) is 0.252. The van der Waals surface area contributed by atoms with Crippen LogP contribution < -0.4 is 11.2 Å². The molecular formula is C25H29N5O9. The van der Waals surface area contributed by atoms with Gasteiger partial charge in [0.25, 0.3) is 17.4 Å². The Balaban J connectivity index is 2.15. The van der Waals surface area contributed by atoms with Gasteiger partial charge in [0.1, 0.15) is 13.1 Å². The predicted octanol–water partition coefficient (Wildman–Crippen LogP) is 2.04. The highest BCUT2D eigenvalue weighted by Crippen LogP contribution is 2.34. The highest BCUT2D eigenvalue weighted by atomic mass is 16.5. The van der Waals surface area contributed by atoms with E-state index in [4.69, 9.17) is 9.47 Å². The zero-order chi connectivity index (χ0) is 28.9. The molecule has 0 spiro atoms. The second kappa shape index (κ2) is 12.3. The number of amides is 2. The largest absolute Gasteiger partial charge is 0.493 e. The minimum atomic E-state index is -1.19. The van der Waals surface area contributed by atoms with E-state index in [-0.39, 0.29) is 36.1 Å². The summed E-state index contributed by atoms with van der Waals surface area (Å²) in [7, 11) is 0. The molecule has 0 atom stereocenters. The number of carbonyl (C=O) groups is 4. The van der Waals surface area contributed by atoms with Crippen LogP contribution in [0, 0.1) is 0 Å². The number of aromatic nitrogens is 2. The van der Waals surface area contributed by atoms with E-state index < -0.39 is 59.7 Å². The number of nitrogens with zero attached hydrogens (tertiary/aromatic N) is 5. The number of hydrogen-bond donors (Lipinski definition) is 1. The molecule has 2 aromatic rings. The second-order valence-electron chi connectivity index (χ2n) is 8.39. The summed E-state index contributed by atoms with van der Waals surface area (Å²) in [6, 6.07) is 4.02. The molecular weight excluding hydrogens is 514 g/mol. The maximum absolute atomic E-state index is 13.2. The number of carbonyl (C=O) groups excluding carboxylic acids is 4. The molecule has 0 aliphatic carbocycles. The summed E-state index contributed by atoms with van der Waals surface area (Å²) >= 11 is 0. The number of hydrogen-bond acceptors (Lipinski definition) is 11. The topological polar surface area (TPSA) is 179 Å². The molecule has 1 N–H and O–H groups in total. The van der Waals surface area contributed by atoms with Crippen LogP contribution in [0.2, 0.25) is 0 Å². The Morgan fingerprint density at radius 2 is 1.46 bits per heavy atom. The molecule has 14 nitrogen and oxygen atoms in total. The minimum Gasteiger partial charge on any atom is -0.493 e. The van der Waals surface area contributed by atoms with Crippen molar-refractivity contribution in [3.63, 3.8) is 0 Å². The van der Waals surface area contributed by atoms with Crippen molar-refractivity contribution in [1.82, 2.24) is 14.0 Å². The summed E-state index contributed by atoms with van der Waals surface area (Å²) in [5.74, 6) is -3.88. The van der Waals surface area contributed by atoms with E-state index >= 15 is 0 Å². The standard InChI is InChI=1S/C25H29N5O9/c1-5-14(6-2)30-21(33)15-10-9-11-16(19(15)22(30)34)26-27-20-23(35)28(12-17(31)38-7-3)25(37)29(24(20)36)13-18(32)39-8-4/h9-11,14,35H,5-8,12-13H2,1-4H3. The van der Waals surface area contributed by atoms with E-state index in [9.17, 15) is 33.9 Å². The lowest BCUT2D eigenvalue weighted by Gasteiger charge is -2.23. The number of azo groups is 1. The summed E-state index contributed by atoms with van der Waals surface area (Å²) in [5.41, 5.74) is -3.13. The monoisotopic (exact) mass is 543 g/mol. The molecule has 39 heavy (non-hydrogen) atoms. The number of rotatable bonds is 11. The molecule has 0 radical (unpaired) electrons. The van der Waals surface area contributed by atoms with Crippen LogP contribution in [0.5, 0.6) is 5.88 Å². The number of esters is 2. The number of aromatic hydroxyl groups is 1. The van der Waals surface area contributed by atoms with E-state index in [1.54, 1.807) is 0 Å². The van der Waals surface area contributed by atoms with Gasteiger partial charge in [0.05, 0.1) is 30.0 Å². The molecule has 0 unspecified atom stereocenters. The van der Waals surface area contributed by atoms with Crippen LogP contribution in [0.3, 0.4) is 0 Å². The van der Waals surface area contributed by atoms with Crippen molar-refractivity contribution in [2.45, 2.75) is 59.7 Å². The van der Waals surface area contributed by atoms with E-state index in [0.717, 1.165) is 4.90 Å². The van der Waals surface area contributed by atoms with Crippen LogP contribution in [0.15, 0.2) is 38.0 Å². The van der Waals surface area contributed by atoms with Crippen molar-refractivity contribution in [3.8, 4) is 5.88 Å². The average molecular weight is 544 g/mol. The summed E-state index contributed by atoms with van der Waals surface area (Å²) in [6.07, 6.45) is 1.10. The van der Waals surface area contributed by atoms with Gasteiger partial charge in [0, 0.05) is 6.04 Å². The molecule has 0 saturated carbocycles. The fraction of sp³-hybridized carbons (Fsp3) is 0.440. The molecule has 1 aliphatic heterocycles. The van der Waals surface area contributed by atoms with Crippen molar-refractivity contribution in [2.24, 2.45) is 10.2 Å². The third-order valence-corrected chi connectivity index (χ3v) is 6.05. The van der Waals surface area contributed by atoms with Crippen LogP contribution in [-0.2, 0) is 32.2 Å². The van der Waals surface area contributed by atoms with Gasteiger partial charge in [0.15, 0.2) is 0 Å². The lowest BCUT2D eigenvalue weighted by molar-refractivity contribution is -0.144. The van der Waals surface area contributed by atoms with Crippen LogP contribution >= 0.6 is 0 Å². The van der Waals surface area contributed by atoms with Gasteiger partial charge in [-0.1, -0.05) is 19.9 Å². The van der Waals surface area contributed by atoms with Crippen molar-refractivity contribution < 1.29 is 33.8 Å². The number of ether oxygens (including phenoxy) is 2. The van der Waals surface area contributed by atoms with Crippen LogP contribution in [0.25, 0.3) is 0 Å². The van der Waals surface area contributed by atoms with E-state index in [0.29, 0.717) is 22.0 Å². The Morgan fingerprint density at radius 3 is 2.03 bits per heavy atom. The fourth-order valence-electron chi connectivity index (χ4n) is 4.17. The lowest BCUT2D eigenvalue weighted by atomic mass is 10.1. The van der Waals surface area contributed by atoms with E-state index in [2.05, 4.69) is 10.2 Å². The lowest BCUT2D eigenvalue weighted by Crippen LogP contribution is -2.42. The Hall–Kier alpha value is -4.62. The molecule has 0 saturated heterocycles. The minimum absolute atomic E-state index is 0.0107. The molecule has 14 heteroatoms. The van der Waals surface area contributed by atoms with Gasteiger partial charge >= 0.3 is 17.6 Å². The summed E-state index contributed by atoms with van der Waals surface area (Å²) in [4.78, 5) is 77.4. The predicted molar refractivity (Wildman–Crippen MR) is 135 cm³/mol. The summed E-state index contributed by atoms with van der Waals surface area (Å²) < 4.78 is 10.6. The first-order valence-electron chi connectivity index (χ1n) is 12.4. The van der Waals surface area contributed by atoms with Gasteiger partial charge < -0.3 is 14.6 Å². The third-order valence-electron chi connectivity index (χ3n) is 6.05. The van der Waals surface area contributed by atoms with Crippen molar-refractivity contribution in [2.75, 3.05) is 13.2 Å². The number of imide groups is 1. The smallest absolute Gasteiger partial charge is 0.335 e. The summed E-state index contributed by atoms with van der Waals surface area (Å²) in [5, 5.41) is 18.5. The zero-order valence-electron chi connectivity index (χ0n) is 22.0. The molecule has 2 heterocycles. The van der Waals surface area contributed by atoms with Gasteiger partial charge in [-0.05, 0) is 38.8 Å². The van der Waals surface area contributed by atoms with Crippen LogP contribution in [0.4, 0.5) is 11.4 Å². The van der Waals surface area contributed by atoms with Crippen LogP contribution in [0.1, 0.15) is 61.3 Å². The molecule has 1 aliphatic rings. The van der Waals surface area contributed by atoms with Gasteiger partial charge in [0.2, 0.25) is 11.6 Å². The van der Waals surface area contributed by atoms with E-state index in [1.807, 2.05) is 13.8 Å². The molecule has 1 aromatic carbocycles. The Kier molecular flexibility index (Phi) is 9.12. The Bertz CT molecular complexity index is 1450. The summed E-state index contributed by atoms with van der Waals surface area (Å²) in [6.45, 7) is 5.14. The maximum Gasteiger partial charge on any atom is 0.335 e. The van der Waals surface area contributed by atoms with Gasteiger partial charge in [-0.2, -0.15) is 0 Å². The van der Waals surface area contributed by atoms with Gasteiger partial charge in [-0.15, -0.1) is 10.2 Å². The van der Waals surface area contributed by atoms with Crippen LogP contribution in [-0.4, -0.2) is 62.1 Å². The molecule has 1 aromatic heterocycles. The Labute approximate surface area is 222 Å². The van der Waals surface area contributed by atoms with Crippen molar-refractivity contribution >= 4 is 35.1 Å². The number of benzene rings is 1. The first kappa shape index (κ1) is 28.9. The van der Waals surface area contributed by atoms with Gasteiger partial charge in [-0.25, -0.2) is 9.36 Å². The second-order valence-corrected chi connectivity index (χ2v) is 8.39. The molecule has 2 amide bonds. The van der Waals surface area contributed by atoms with E-state index in [1.165, 1.54) is 32.0 Å². The normalized spacial score (nSPS) is 12.9. The first-order valence-corrected chi connectivity index (χ1v) is 12.4. The number of fused-ring (bicyclic) bond motifs is 1. The molecule has 208 valence electrons. The SMILES string of the molecule is CCOC(=O)Cn1c(O)c(N=Nc2cccc3c2C(=O)N(C(CC)CC)C3=O)c(=O)n(CC(=O)OCC)c1=O. The molecule has 0 fully saturated rings. The average Bonchev–Trinajstić information content (AvgIpc) is 3.16. The van der Waals surface area contributed by atoms with Crippen molar-refractivity contribution in [1.29, 1.82) is 0 Å². The molecule has 0 bridgehead atoms.